The summed E-state index contributed by atoms with van der Waals surface area (Å²) in [4.78, 5) is 27.2. The highest BCUT2D eigenvalue weighted by atomic mass is 19.1. The lowest BCUT2D eigenvalue weighted by atomic mass is 10.0. The van der Waals surface area contributed by atoms with Gasteiger partial charge in [-0.15, -0.1) is 0 Å². The summed E-state index contributed by atoms with van der Waals surface area (Å²) in [6.45, 7) is 7.76. The smallest absolute Gasteiger partial charge is 0.329 e. The van der Waals surface area contributed by atoms with Crippen LogP contribution in [0.5, 0.6) is 0 Å². The van der Waals surface area contributed by atoms with Gasteiger partial charge in [0.25, 0.3) is 5.56 Å². The van der Waals surface area contributed by atoms with Crippen LogP contribution in [0.1, 0.15) is 38.8 Å². The Kier molecular flexibility index (Phi) is 7.98. The molecule has 27 heavy (non-hydrogen) atoms. The number of aromatic nitrogens is 1. The van der Waals surface area contributed by atoms with Gasteiger partial charge in [-0.3, -0.25) is 9.69 Å². The summed E-state index contributed by atoms with van der Waals surface area (Å²) in [5.74, 6) is -0.200. The van der Waals surface area contributed by atoms with Crippen LogP contribution in [0.4, 0.5) is 4.39 Å². The van der Waals surface area contributed by atoms with Crippen molar-refractivity contribution in [2.75, 3.05) is 33.4 Å². The van der Waals surface area contributed by atoms with Crippen LogP contribution in [-0.2, 0) is 20.7 Å². The van der Waals surface area contributed by atoms with E-state index < -0.39 is 18.2 Å². The number of carbonyl (C=O) groups is 1. The molecular weight excluding hydrogens is 351 g/mol. The Morgan fingerprint density at radius 1 is 1.30 bits per heavy atom. The predicted octanol–water partition coefficient (Wildman–Crippen LogP) is 2.21. The van der Waals surface area contributed by atoms with Crippen LogP contribution in [0.15, 0.2) is 23.1 Å². The molecule has 7 heteroatoms. The van der Waals surface area contributed by atoms with Crippen LogP contribution >= 0.6 is 0 Å². The number of carbonyl (C=O) groups excluding carboxylic acids is 1. The summed E-state index contributed by atoms with van der Waals surface area (Å²) in [7, 11) is 1.55. The summed E-state index contributed by atoms with van der Waals surface area (Å²) in [5, 5.41) is 0. The average Bonchev–Trinajstić information content (AvgIpc) is 2.57. The highest BCUT2D eigenvalue weighted by Gasteiger charge is 2.27. The fourth-order valence-corrected chi connectivity index (χ4v) is 3.23. The third kappa shape index (κ3) is 6.43. The highest BCUT2D eigenvalue weighted by molar-refractivity contribution is 5.74. The molecule has 0 spiro atoms. The third-order valence-corrected chi connectivity index (χ3v) is 4.65. The second-order valence-corrected chi connectivity index (χ2v) is 7.74. The first-order valence-corrected chi connectivity index (χ1v) is 9.57. The Balaban J connectivity index is 2.13. The highest BCUT2D eigenvalue weighted by Crippen LogP contribution is 2.20. The van der Waals surface area contributed by atoms with Crippen LogP contribution in [0, 0.1) is 5.92 Å². The fraction of sp³-hybridized carbons (Fsp3) is 0.700. The van der Waals surface area contributed by atoms with Crippen LogP contribution in [0.25, 0.3) is 0 Å². The van der Waals surface area contributed by atoms with E-state index >= 15 is 0 Å². The zero-order valence-corrected chi connectivity index (χ0v) is 16.7. The molecule has 0 radical (unpaired) electrons. The Labute approximate surface area is 160 Å². The zero-order valence-electron chi connectivity index (χ0n) is 16.7. The first-order chi connectivity index (χ1) is 12.8. The van der Waals surface area contributed by atoms with Crippen LogP contribution in [0.2, 0.25) is 0 Å². The lowest BCUT2D eigenvalue weighted by Crippen LogP contribution is -2.48. The molecule has 1 aromatic heterocycles. The predicted molar refractivity (Wildman–Crippen MR) is 102 cm³/mol. The number of esters is 1. The van der Waals surface area contributed by atoms with Crippen LogP contribution in [0.3, 0.4) is 0 Å². The number of pyridine rings is 1. The van der Waals surface area contributed by atoms with Crippen molar-refractivity contribution in [3.8, 4) is 0 Å². The summed E-state index contributed by atoms with van der Waals surface area (Å²) in [6.07, 6.45) is 1.85. The molecule has 0 saturated carbocycles. The van der Waals surface area contributed by atoms with Gasteiger partial charge in [-0.2, -0.15) is 0 Å². The van der Waals surface area contributed by atoms with E-state index in [1.807, 2.05) is 18.7 Å². The number of halogens is 1. The van der Waals surface area contributed by atoms with Crippen molar-refractivity contribution in [1.82, 2.24) is 9.47 Å². The van der Waals surface area contributed by atoms with E-state index in [0.717, 1.165) is 12.1 Å². The van der Waals surface area contributed by atoms with E-state index in [1.54, 1.807) is 26.3 Å². The van der Waals surface area contributed by atoms with Gasteiger partial charge < -0.3 is 14.0 Å². The Hall–Kier alpha value is -1.73. The molecule has 6 nitrogen and oxygen atoms in total. The number of likely N-dealkylation sites (tertiary alicyclic amines) is 1. The maximum Gasteiger partial charge on any atom is 0.329 e. The molecular formula is C20H31FN2O4. The normalized spacial score (nSPS) is 17.6. The second-order valence-electron chi connectivity index (χ2n) is 7.74. The van der Waals surface area contributed by atoms with Gasteiger partial charge in [-0.1, -0.05) is 19.9 Å². The van der Waals surface area contributed by atoms with Crippen molar-refractivity contribution in [1.29, 1.82) is 0 Å². The van der Waals surface area contributed by atoms with Gasteiger partial charge in [0.05, 0.1) is 6.61 Å². The molecule has 0 N–H and O–H groups in total. The number of hydrogen-bond acceptors (Lipinski definition) is 5. The molecule has 1 aromatic rings. The molecule has 0 amide bonds. The number of nitrogens with zero attached hydrogens (tertiary/aromatic N) is 2. The van der Waals surface area contributed by atoms with Crippen molar-refractivity contribution in [3.05, 3.63) is 34.2 Å². The SMILES string of the molecule is COCC(C)OC(=O)C(CC(C)C)n1cc(CCN2CC(F)C2)ccc1=O. The molecule has 2 atom stereocenters. The molecule has 0 aliphatic carbocycles. The molecule has 2 rings (SSSR count). The Morgan fingerprint density at radius 2 is 2.00 bits per heavy atom. The van der Waals surface area contributed by atoms with Crippen LogP contribution < -0.4 is 5.56 Å². The molecule has 1 fully saturated rings. The largest absolute Gasteiger partial charge is 0.459 e. The number of alkyl halides is 1. The summed E-state index contributed by atoms with van der Waals surface area (Å²) in [6, 6.07) is 2.59. The Morgan fingerprint density at radius 3 is 2.59 bits per heavy atom. The monoisotopic (exact) mass is 382 g/mol. The van der Waals surface area contributed by atoms with Crippen molar-refractivity contribution in [3.63, 3.8) is 0 Å². The maximum atomic E-state index is 12.9. The van der Waals surface area contributed by atoms with E-state index in [0.29, 0.717) is 32.5 Å². The standard InChI is InChI=1S/C20H31FN2O4/c1-14(2)9-18(20(25)27-15(3)13-26-4)23-10-16(5-6-19(23)24)7-8-22-11-17(21)12-22/h5-6,10,14-15,17-18H,7-9,11-13H2,1-4H3. The maximum absolute atomic E-state index is 12.9. The molecule has 152 valence electrons. The van der Waals surface area contributed by atoms with Gasteiger partial charge in [0.2, 0.25) is 0 Å². The molecule has 0 bridgehead atoms. The van der Waals surface area contributed by atoms with Crippen molar-refractivity contribution in [2.45, 2.75) is 51.9 Å². The first-order valence-electron chi connectivity index (χ1n) is 9.57. The summed E-state index contributed by atoms with van der Waals surface area (Å²) in [5.41, 5.74) is 0.719. The lowest BCUT2D eigenvalue weighted by Gasteiger charge is -2.34. The van der Waals surface area contributed by atoms with E-state index in [4.69, 9.17) is 9.47 Å². The van der Waals surface area contributed by atoms with Gasteiger partial charge in [-0.25, -0.2) is 9.18 Å². The van der Waals surface area contributed by atoms with E-state index in [1.165, 1.54) is 10.6 Å². The molecule has 0 aromatic carbocycles. The van der Waals surface area contributed by atoms with Crippen LogP contribution in [-0.4, -0.2) is 61.1 Å². The molecule has 1 aliphatic heterocycles. The third-order valence-electron chi connectivity index (χ3n) is 4.65. The van der Waals surface area contributed by atoms with Gasteiger partial charge >= 0.3 is 5.97 Å². The van der Waals surface area contributed by atoms with Gasteiger partial charge in [0.15, 0.2) is 0 Å². The first kappa shape index (κ1) is 21.6. The van der Waals surface area contributed by atoms with Crippen molar-refractivity contribution < 1.29 is 18.7 Å². The van der Waals surface area contributed by atoms with Gasteiger partial charge in [0, 0.05) is 39.0 Å². The minimum atomic E-state index is -0.724. The topological polar surface area (TPSA) is 60.8 Å². The minimum Gasteiger partial charge on any atom is -0.459 e. The number of rotatable bonds is 10. The zero-order chi connectivity index (χ0) is 20.0. The van der Waals surface area contributed by atoms with Crippen molar-refractivity contribution >= 4 is 5.97 Å². The van der Waals surface area contributed by atoms with E-state index in [-0.39, 0.29) is 17.6 Å². The molecule has 1 aliphatic rings. The second kappa shape index (κ2) is 9.99. The fourth-order valence-electron chi connectivity index (χ4n) is 3.23. The molecule has 2 heterocycles. The van der Waals surface area contributed by atoms with E-state index in [2.05, 4.69) is 0 Å². The van der Waals surface area contributed by atoms with E-state index in [9.17, 15) is 14.0 Å². The minimum absolute atomic E-state index is 0.221. The quantitative estimate of drug-likeness (QED) is 0.581. The van der Waals surface area contributed by atoms with Crippen molar-refractivity contribution in [2.24, 2.45) is 5.92 Å². The molecule has 1 saturated heterocycles. The Bertz CT molecular complexity index is 670. The summed E-state index contributed by atoms with van der Waals surface area (Å²) < 4.78 is 24.9. The number of ether oxygens (including phenoxy) is 2. The summed E-state index contributed by atoms with van der Waals surface area (Å²) >= 11 is 0. The number of hydrogen-bond donors (Lipinski definition) is 0. The number of methoxy groups -OCH3 is 1. The van der Waals surface area contributed by atoms with Gasteiger partial charge in [0.1, 0.15) is 18.3 Å². The van der Waals surface area contributed by atoms with Gasteiger partial charge in [-0.05, 0) is 31.2 Å². The lowest BCUT2D eigenvalue weighted by molar-refractivity contribution is -0.155. The molecule has 2 unspecified atom stereocenters. The average molecular weight is 382 g/mol.